The van der Waals surface area contributed by atoms with Crippen LogP contribution in [0.4, 0.5) is 0 Å². The largest absolute Gasteiger partial charge is 0.481 e. The van der Waals surface area contributed by atoms with Crippen molar-refractivity contribution in [2.75, 3.05) is 6.54 Å². The Labute approximate surface area is 125 Å². The molecule has 0 aromatic heterocycles. The summed E-state index contributed by atoms with van der Waals surface area (Å²) in [5, 5.41) is 12.1. The van der Waals surface area contributed by atoms with E-state index in [2.05, 4.69) is 5.32 Å². The van der Waals surface area contributed by atoms with Crippen molar-refractivity contribution >= 4 is 11.9 Å². The first-order valence-electron chi connectivity index (χ1n) is 7.53. The molecule has 0 spiro atoms. The van der Waals surface area contributed by atoms with E-state index in [0.29, 0.717) is 12.3 Å². The molecule has 1 amide bonds. The summed E-state index contributed by atoms with van der Waals surface area (Å²) in [7, 11) is 0. The molecule has 0 bridgehead atoms. The molecule has 0 saturated heterocycles. The first-order chi connectivity index (χ1) is 9.97. The molecule has 1 saturated carbocycles. The van der Waals surface area contributed by atoms with Gasteiger partial charge in [0.25, 0.3) is 0 Å². The predicted octanol–water partition coefficient (Wildman–Crippen LogP) is 2.40. The number of hydrogen-bond acceptors (Lipinski definition) is 2. The van der Waals surface area contributed by atoms with Gasteiger partial charge < -0.3 is 10.4 Å². The number of benzene rings is 1. The van der Waals surface area contributed by atoms with E-state index < -0.39 is 11.9 Å². The van der Waals surface area contributed by atoms with Crippen LogP contribution in [0.15, 0.2) is 24.3 Å². The molecule has 114 valence electrons. The zero-order valence-corrected chi connectivity index (χ0v) is 12.6. The second kappa shape index (κ2) is 6.74. The third-order valence-electron chi connectivity index (χ3n) is 4.18. The van der Waals surface area contributed by atoms with Gasteiger partial charge >= 0.3 is 5.97 Å². The highest BCUT2D eigenvalue weighted by molar-refractivity contribution is 5.80. The second-order valence-corrected chi connectivity index (χ2v) is 6.10. The van der Waals surface area contributed by atoms with E-state index >= 15 is 0 Å². The van der Waals surface area contributed by atoms with Crippen molar-refractivity contribution in [2.45, 2.75) is 33.1 Å². The molecule has 21 heavy (non-hydrogen) atoms. The monoisotopic (exact) mass is 289 g/mol. The molecular formula is C17H23NO3. The predicted molar refractivity (Wildman–Crippen MR) is 80.9 cm³/mol. The van der Waals surface area contributed by atoms with E-state index in [9.17, 15) is 14.7 Å². The summed E-state index contributed by atoms with van der Waals surface area (Å²) in [6, 6.07) is 7.83. The van der Waals surface area contributed by atoms with Crippen molar-refractivity contribution in [3.8, 4) is 0 Å². The molecule has 2 rings (SSSR count). The van der Waals surface area contributed by atoms with Gasteiger partial charge in [-0.1, -0.05) is 36.8 Å². The fourth-order valence-electron chi connectivity index (χ4n) is 2.57. The highest BCUT2D eigenvalue weighted by Gasteiger charge is 2.33. The number of carbonyl (C=O) groups is 2. The Bertz CT molecular complexity index is 523. The molecule has 2 unspecified atom stereocenters. The molecule has 1 aromatic carbocycles. The maximum absolute atomic E-state index is 12.0. The summed E-state index contributed by atoms with van der Waals surface area (Å²) in [6.07, 6.45) is 2.66. The SMILES string of the molecule is Cc1cccc(CC(CNC(=O)C(C)C2CC2)C(=O)O)c1. The Morgan fingerprint density at radius 1 is 1.38 bits per heavy atom. The molecular weight excluding hydrogens is 266 g/mol. The molecule has 4 heteroatoms. The fourth-order valence-corrected chi connectivity index (χ4v) is 2.57. The van der Waals surface area contributed by atoms with Gasteiger partial charge in [-0.15, -0.1) is 0 Å². The maximum Gasteiger partial charge on any atom is 0.308 e. The Morgan fingerprint density at radius 3 is 2.67 bits per heavy atom. The standard InChI is InChI=1S/C17H23NO3/c1-11-4-3-5-13(8-11)9-15(17(20)21)10-18-16(19)12(2)14-6-7-14/h3-5,8,12,14-15H,6-7,9-10H2,1-2H3,(H,18,19)(H,20,21). The smallest absolute Gasteiger partial charge is 0.308 e. The molecule has 4 nitrogen and oxygen atoms in total. The molecule has 0 aliphatic heterocycles. The van der Waals surface area contributed by atoms with Crippen molar-refractivity contribution in [3.63, 3.8) is 0 Å². The van der Waals surface area contributed by atoms with Gasteiger partial charge in [0, 0.05) is 12.5 Å². The van der Waals surface area contributed by atoms with Crippen molar-refractivity contribution in [1.29, 1.82) is 0 Å². The number of nitrogens with one attached hydrogen (secondary N) is 1. The zero-order chi connectivity index (χ0) is 15.4. The fraction of sp³-hybridized carbons (Fsp3) is 0.529. The van der Waals surface area contributed by atoms with Crippen LogP contribution in [0.5, 0.6) is 0 Å². The van der Waals surface area contributed by atoms with Gasteiger partial charge in [-0.25, -0.2) is 0 Å². The number of carboxylic acids is 1. The first kappa shape index (κ1) is 15.5. The number of rotatable bonds is 7. The molecule has 0 radical (unpaired) electrons. The minimum absolute atomic E-state index is 0.00147. The number of hydrogen-bond donors (Lipinski definition) is 2. The summed E-state index contributed by atoms with van der Waals surface area (Å²) in [5.41, 5.74) is 2.11. The third kappa shape index (κ3) is 4.59. The number of aliphatic carboxylic acids is 1. The molecule has 1 aliphatic rings. The molecule has 0 heterocycles. The van der Waals surface area contributed by atoms with E-state index in [1.54, 1.807) is 0 Å². The van der Waals surface area contributed by atoms with Gasteiger partial charge in [-0.3, -0.25) is 9.59 Å². The van der Waals surface area contributed by atoms with Crippen LogP contribution in [0.2, 0.25) is 0 Å². The van der Waals surface area contributed by atoms with Gasteiger partial charge in [-0.05, 0) is 37.7 Å². The first-order valence-corrected chi connectivity index (χ1v) is 7.53. The van der Waals surface area contributed by atoms with Gasteiger partial charge in [0.1, 0.15) is 0 Å². The number of carbonyl (C=O) groups excluding carboxylic acids is 1. The highest BCUT2D eigenvalue weighted by Crippen LogP contribution is 2.36. The lowest BCUT2D eigenvalue weighted by atomic mass is 9.97. The van der Waals surface area contributed by atoms with Crippen molar-refractivity contribution in [2.24, 2.45) is 17.8 Å². The van der Waals surface area contributed by atoms with Crippen LogP contribution >= 0.6 is 0 Å². The van der Waals surface area contributed by atoms with Crippen LogP contribution in [0.3, 0.4) is 0 Å². The van der Waals surface area contributed by atoms with Crippen LogP contribution in [-0.2, 0) is 16.0 Å². The summed E-state index contributed by atoms with van der Waals surface area (Å²) in [6.45, 7) is 4.10. The van der Waals surface area contributed by atoms with Gasteiger partial charge in [-0.2, -0.15) is 0 Å². The average molecular weight is 289 g/mol. The Kier molecular flexibility index (Phi) is 4.99. The summed E-state index contributed by atoms with van der Waals surface area (Å²) >= 11 is 0. The van der Waals surface area contributed by atoms with Gasteiger partial charge in [0.05, 0.1) is 5.92 Å². The van der Waals surface area contributed by atoms with E-state index in [-0.39, 0.29) is 18.4 Å². The number of carboxylic acid groups (broad SMARTS) is 1. The minimum Gasteiger partial charge on any atom is -0.481 e. The molecule has 1 fully saturated rings. The van der Waals surface area contributed by atoms with Crippen LogP contribution in [-0.4, -0.2) is 23.5 Å². The number of amides is 1. The lowest BCUT2D eigenvalue weighted by Gasteiger charge is -2.16. The summed E-state index contributed by atoms with van der Waals surface area (Å²) < 4.78 is 0. The zero-order valence-electron chi connectivity index (χ0n) is 12.6. The summed E-state index contributed by atoms with van der Waals surface area (Å²) in [5.74, 6) is -0.977. The lowest BCUT2D eigenvalue weighted by molar-refractivity contribution is -0.141. The van der Waals surface area contributed by atoms with Crippen molar-refractivity contribution in [1.82, 2.24) is 5.32 Å². The van der Waals surface area contributed by atoms with Gasteiger partial charge in [0.2, 0.25) is 5.91 Å². The van der Waals surface area contributed by atoms with Crippen LogP contribution < -0.4 is 5.32 Å². The molecule has 1 aromatic rings. The maximum atomic E-state index is 12.0. The van der Waals surface area contributed by atoms with E-state index in [1.807, 2.05) is 38.1 Å². The third-order valence-corrected chi connectivity index (χ3v) is 4.18. The Hall–Kier alpha value is -1.84. The van der Waals surface area contributed by atoms with E-state index in [1.165, 1.54) is 0 Å². The van der Waals surface area contributed by atoms with Crippen molar-refractivity contribution in [3.05, 3.63) is 35.4 Å². The van der Waals surface area contributed by atoms with Crippen LogP contribution in [0.25, 0.3) is 0 Å². The second-order valence-electron chi connectivity index (χ2n) is 6.10. The molecule has 1 aliphatic carbocycles. The van der Waals surface area contributed by atoms with E-state index in [0.717, 1.165) is 24.0 Å². The average Bonchev–Trinajstić information content (AvgIpc) is 3.26. The minimum atomic E-state index is -0.865. The topological polar surface area (TPSA) is 66.4 Å². The summed E-state index contributed by atoms with van der Waals surface area (Å²) in [4.78, 5) is 23.3. The van der Waals surface area contributed by atoms with Crippen LogP contribution in [0.1, 0.15) is 30.9 Å². The normalized spacial score (nSPS) is 17.0. The Balaban J connectivity index is 1.89. The van der Waals surface area contributed by atoms with Crippen molar-refractivity contribution < 1.29 is 14.7 Å². The lowest BCUT2D eigenvalue weighted by Crippen LogP contribution is -2.37. The van der Waals surface area contributed by atoms with Gasteiger partial charge in [0.15, 0.2) is 0 Å². The van der Waals surface area contributed by atoms with E-state index in [4.69, 9.17) is 0 Å². The number of aryl methyl sites for hydroxylation is 1. The van der Waals surface area contributed by atoms with Crippen LogP contribution in [0, 0.1) is 24.7 Å². The quantitative estimate of drug-likeness (QED) is 0.810. The molecule has 2 N–H and O–H groups in total. The molecule has 2 atom stereocenters. The Morgan fingerprint density at radius 2 is 2.10 bits per heavy atom. The highest BCUT2D eigenvalue weighted by atomic mass is 16.4.